The van der Waals surface area contributed by atoms with Gasteiger partial charge in [-0.05, 0) is 30.3 Å². The first-order valence-electron chi connectivity index (χ1n) is 6.40. The van der Waals surface area contributed by atoms with Gasteiger partial charge in [-0.1, -0.05) is 0 Å². The smallest absolute Gasteiger partial charge is 0.244 e. The number of halogens is 3. The first-order chi connectivity index (χ1) is 11.0. The number of carbonyl (C=O) groups excluding carboxylic acids is 2. The van der Waals surface area contributed by atoms with Crippen molar-refractivity contribution < 1.29 is 27.2 Å². The number of anilines is 1. The first-order valence-corrected chi connectivity index (χ1v) is 6.40. The molecular formula is C15H11F3N2O3. The normalized spacial score (nSPS) is 10.7. The Morgan fingerprint density at radius 3 is 2.61 bits per heavy atom. The van der Waals surface area contributed by atoms with Crippen LogP contribution >= 0.6 is 0 Å². The summed E-state index contributed by atoms with van der Waals surface area (Å²) in [6, 6.07) is 4.83. The number of benzene rings is 1. The average Bonchev–Trinajstić information content (AvgIpc) is 3.05. The Balaban J connectivity index is 1.86. The van der Waals surface area contributed by atoms with E-state index in [0.717, 1.165) is 12.1 Å². The van der Waals surface area contributed by atoms with E-state index in [0.29, 0.717) is 11.8 Å². The molecule has 0 bridgehead atoms. The predicted molar refractivity (Wildman–Crippen MR) is 75.7 cm³/mol. The maximum absolute atomic E-state index is 13.4. The summed E-state index contributed by atoms with van der Waals surface area (Å²) in [7, 11) is 0. The van der Waals surface area contributed by atoms with Gasteiger partial charge in [-0.25, -0.2) is 13.2 Å². The lowest BCUT2D eigenvalue weighted by Crippen LogP contribution is -2.32. The maximum Gasteiger partial charge on any atom is 0.244 e. The minimum atomic E-state index is -1.69. The highest BCUT2D eigenvalue weighted by Gasteiger charge is 2.15. The number of hydrogen-bond donors (Lipinski definition) is 2. The van der Waals surface area contributed by atoms with Gasteiger partial charge in [0, 0.05) is 6.08 Å². The molecule has 0 aliphatic carbocycles. The quantitative estimate of drug-likeness (QED) is 0.655. The fourth-order valence-electron chi connectivity index (χ4n) is 1.59. The molecule has 5 nitrogen and oxygen atoms in total. The second-order valence-corrected chi connectivity index (χ2v) is 4.34. The van der Waals surface area contributed by atoms with E-state index >= 15 is 0 Å². The summed E-state index contributed by atoms with van der Waals surface area (Å²) in [6.07, 6.45) is 3.97. The largest absolute Gasteiger partial charge is 0.465 e. The lowest BCUT2D eigenvalue weighted by Gasteiger charge is -2.07. The van der Waals surface area contributed by atoms with Crippen molar-refractivity contribution in [2.75, 3.05) is 11.9 Å². The van der Waals surface area contributed by atoms with Gasteiger partial charge in [0.05, 0.1) is 18.5 Å². The molecule has 0 fully saturated rings. The predicted octanol–water partition coefficient (Wildman–Crippen LogP) is 2.46. The Bertz CT molecular complexity index is 743. The van der Waals surface area contributed by atoms with Crippen LogP contribution in [0.25, 0.3) is 6.08 Å². The highest BCUT2D eigenvalue weighted by Crippen LogP contribution is 2.19. The molecule has 2 rings (SSSR count). The van der Waals surface area contributed by atoms with Crippen LogP contribution in [-0.4, -0.2) is 18.4 Å². The van der Waals surface area contributed by atoms with Gasteiger partial charge >= 0.3 is 0 Å². The Labute approximate surface area is 128 Å². The molecule has 0 unspecified atom stereocenters. The van der Waals surface area contributed by atoms with Gasteiger partial charge in [-0.2, -0.15) is 0 Å². The SMILES string of the molecule is O=C(/C=C/c1ccco1)NCC(=O)Nc1ccc(F)c(F)c1F. The minimum absolute atomic E-state index is 0.452. The van der Waals surface area contributed by atoms with Gasteiger partial charge in [-0.3, -0.25) is 9.59 Å². The maximum atomic E-state index is 13.4. The van der Waals surface area contributed by atoms with Crippen molar-refractivity contribution in [1.29, 1.82) is 0 Å². The highest BCUT2D eigenvalue weighted by molar-refractivity contribution is 5.97. The van der Waals surface area contributed by atoms with E-state index in [-0.39, 0.29) is 0 Å². The molecule has 0 radical (unpaired) electrons. The molecule has 0 spiro atoms. The topological polar surface area (TPSA) is 71.3 Å². The molecule has 2 aromatic rings. The third kappa shape index (κ3) is 4.47. The van der Waals surface area contributed by atoms with Crippen LogP contribution in [0.4, 0.5) is 18.9 Å². The van der Waals surface area contributed by atoms with Crippen LogP contribution in [0.15, 0.2) is 41.0 Å². The van der Waals surface area contributed by atoms with Crippen LogP contribution < -0.4 is 10.6 Å². The summed E-state index contributed by atoms with van der Waals surface area (Å²) in [5, 5.41) is 4.27. The molecule has 1 aromatic heterocycles. The number of nitrogens with one attached hydrogen (secondary N) is 2. The minimum Gasteiger partial charge on any atom is -0.465 e. The van der Waals surface area contributed by atoms with E-state index in [2.05, 4.69) is 5.32 Å². The van der Waals surface area contributed by atoms with Crippen molar-refractivity contribution in [2.24, 2.45) is 0 Å². The monoisotopic (exact) mass is 324 g/mol. The molecule has 1 heterocycles. The molecule has 0 aliphatic rings. The molecule has 120 valence electrons. The second-order valence-electron chi connectivity index (χ2n) is 4.34. The van der Waals surface area contributed by atoms with E-state index in [1.807, 2.05) is 5.32 Å². The lowest BCUT2D eigenvalue weighted by molar-refractivity contribution is -0.121. The Morgan fingerprint density at radius 2 is 1.91 bits per heavy atom. The molecule has 0 aliphatic heterocycles. The van der Waals surface area contributed by atoms with Gasteiger partial charge in [0.1, 0.15) is 5.76 Å². The third-order valence-electron chi connectivity index (χ3n) is 2.67. The van der Waals surface area contributed by atoms with Crippen LogP contribution in [0.1, 0.15) is 5.76 Å². The lowest BCUT2D eigenvalue weighted by atomic mass is 10.2. The first kappa shape index (κ1) is 16.3. The average molecular weight is 324 g/mol. The number of furan rings is 1. The summed E-state index contributed by atoms with van der Waals surface area (Å²) < 4.78 is 44.1. The zero-order valence-electron chi connectivity index (χ0n) is 11.6. The van der Waals surface area contributed by atoms with Crippen LogP contribution in [0, 0.1) is 17.5 Å². The van der Waals surface area contributed by atoms with Crippen molar-refractivity contribution in [3.8, 4) is 0 Å². The van der Waals surface area contributed by atoms with Crippen LogP contribution in [-0.2, 0) is 9.59 Å². The van der Waals surface area contributed by atoms with E-state index in [1.54, 1.807) is 12.1 Å². The molecule has 2 amide bonds. The Hall–Kier alpha value is -3.03. The van der Waals surface area contributed by atoms with Gasteiger partial charge < -0.3 is 15.1 Å². The number of carbonyl (C=O) groups is 2. The third-order valence-corrected chi connectivity index (χ3v) is 2.67. The van der Waals surface area contributed by atoms with Crippen LogP contribution in [0.5, 0.6) is 0 Å². The molecule has 23 heavy (non-hydrogen) atoms. The fraction of sp³-hybridized carbons (Fsp3) is 0.0667. The molecule has 2 N–H and O–H groups in total. The van der Waals surface area contributed by atoms with Crippen molar-refractivity contribution in [2.45, 2.75) is 0 Å². The molecule has 8 heteroatoms. The van der Waals surface area contributed by atoms with Crippen LogP contribution in [0.2, 0.25) is 0 Å². The second kappa shape index (κ2) is 7.30. The van der Waals surface area contributed by atoms with Crippen molar-refractivity contribution in [3.63, 3.8) is 0 Å². The summed E-state index contributed by atoms with van der Waals surface area (Å²) >= 11 is 0. The molecule has 0 saturated carbocycles. The summed E-state index contributed by atoms with van der Waals surface area (Å²) in [4.78, 5) is 23.0. The summed E-state index contributed by atoms with van der Waals surface area (Å²) in [5.41, 5.74) is -0.519. The standard InChI is InChI=1S/C15H11F3N2O3/c16-10-4-5-11(15(18)14(10)17)20-13(22)8-19-12(21)6-3-9-2-1-7-23-9/h1-7H,8H2,(H,19,21)(H,20,22)/b6-3+. The molecule has 0 atom stereocenters. The van der Waals surface area contributed by atoms with Crippen molar-refractivity contribution in [3.05, 3.63) is 59.8 Å². The van der Waals surface area contributed by atoms with Crippen LogP contribution in [0.3, 0.4) is 0 Å². The fourth-order valence-corrected chi connectivity index (χ4v) is 1.59. The van der Waals surface area contributed by atoms with E-state index in [1.165, 1.54) is 12.3 Å². The number of hydrogen-bond acceptors (Lipinski definition) is 3. The zero-order chi connectivity index (χ0) is 16.8. The molecule has 0 saturated heterocycles. The van der Waals surface area contributed by atoms with Crippen molar-refractivity contribution in [1.82, 2.24) is 5.32 Å². The zero-order valence-corrected chi connectivity index (χ0v) is 11.6. The van der Waals surface area contributed by atoms with Crippen molar-refractivity contribution >= 4 is 23.6 Å². The number of amides is 2. The van der Waals surface area contributed by atoms with Gasteiger partial charge in [0.15, 0.2) is 17.5 Å². The number of rotatable bonds is 5. The van der Waals surface area contributed by atoms with Gasteiger partial charge in [-0.15, -0.1) is 0 Å². The van der Waals surface area contributed by atoms with E-state index in [4.69, 9.17) is 4.42 Å². The summed E-state index contributed by atoms with van der Waals surface area (Å²) in [6.45, 7) is -0.472. The Kier molecular flexibility index (Phi) is 5.19. The molecule has 1 aromatic carbocycles. The van der Waals surface area contributed by atoms with E-state index < -0.39 is 41.5 Å². The Morgan fingerprint density at radius 1 is 1.13 bits per heavy atom. The van der Waals surface area contributed by atoms with E-state index in [9.17, 15) is 22.8 Å². The summed E-state index contributed by atoms with van der Waals surface area (Å²) in [5.74, 6) is -5.49. The van der Waals surface area contributed by atoms with Gasteiger partial charge in [0.25, 0.3) is 0 Å². The highest BCUT2D eigenvalue weighted by atomic mass is 19.2. The van der Waals surface area contributed by atoms with Gasteiger partial charge in [0.2, 0.25) is 11.8 Å². The molecular weight excluding hydrogens is 313 g/mol.